The molecular weight excluding hydrogens is 280 g/mol. The lowest BCUT2D eigenvalue weighted by Crippen LogP contribution is -2.40. The number of carbonyl (C=O) groups excluding carboxylic acids is 1. The summed E-state index contributed by atoms with van der Waals surface area (Å²) in [4.78, 5) is 13.0. The molecule has 5 heteroatoms. The van der Waals surface area contributed by atoms with Gasteiger partial charge in [0.15, 0.2) is 0 Å². The van der Waals surface area contributed by atoms with Gasteiger partial charge in [-0.2, -0.15) is 0 Å². The summed E-state index contributed by atoms with van der Waals surface area (Å²) in [7, 11) is 0. The Kier molecular flexibility index (Phi) is 6.30. The highest BCUT2D eigenvalue weighted by Gasteiger charge is 2.23. The molecule has 0 atom stereocenters. The first-order valence-corrected chi connectivity index (χ1v) is 7.47. The normalized spacial score (nSPS) is 14.8. The van der Waals surface area contributed by atoms with Gasteiger partial charge >= 0.3 is 0 Å². The number of rotatable bonds is 7. The smallest absolute Gasteiger partial charge is 0.233 e. The molecule has 1 heterocycles. The van der Waals surface area contributed by atoms with Crippen LogP contribution in [0.15, 0.2) is 17.5 Å². The summed E-state index contributed by atoms with van der Waals surface area (Å²) >= 11 is 1.74. The lowest BCUT2D eigenvalue weighted by Gasteiger charge is -2.23. The van der Waals surface area contributed by atoms with Gasteiger partial charge in [-0.3, -0.25) is 4.79 Å². The zero-order valence-electron chi connectivity index (χ0n) is 11.6. The SMILES string of the molecule is CC(C)(CNC(=O)CNCC1CC1)c1cccs1.Cl. The third-order valence-electron chi connectivity index (χ3n) is 3.33. The summed E-state index contributed by atoms with van der Waals surface area (Å²) in [5.41, 5.74) is 0.0142. The van der Waals surface area contributed by atoms with Gasteiger partial charge in [-0.15, -0.1) is 23.7 Å². The number of hydrogen-bond donors (Lipinski definition) is 2. The van der Waals surface area contributed by atoms with Crippen LogP contribution in [0.4, 0.5) is 0 Å². The number of amides is 1. The topological polar surface area (TPSA) is 41.1 Å². The molecule has 0 aromatic carbocycles. The average molecular weight is 303 g/mol. The van der Waals surface area contributed by atoms with Gasteiger partial charge < -0.3 is 10.6 Å². The lowest BCUT2D eigenvalue weighted by atomic mass is 9.91. The molecule has 1 saturated carbocycles. The quantitative estimate of drug-likeness (QED) is 0.813. The molecule has 1 aromatic heterocycles. The first kappa shape index (κ1) is 16.5. The third-order valence-corrected chi connectivity index (χ3v) is 4.57. The van der Waals surface area contributed by atoms with E-state index >= 15 is 0 Å². The van der Waals surface area contributed by atoms with Gasteiger partial charge in [0.1, 0.15) is 0 Å². The van der Waals surface area contributed by atoms with E-state index < -0.39 is 0 Å². The van der Waals surface area contributed by atoms with E-state index in [2.05, 4.69) is 42.0 Å². The van der Waals surface area contributed by atoms with Crippen molar-refractivity contribution < 1.29 is 4.79 Å². The minimum absolute atomic E-state index is 0. The summed E-state index contributed by atoms with van der Waals surface area (Å²) in [6.07, 6.45) is 2.64. The Bertz CT molecular complexity index is 388. The Morgan fingerprint density at radius 3 is 2.79 bits per heavy atom. The highest BCUT2D eigenvalue weighted by Crippen LogP contribution is 2.27. The van der Waals surface area contributed by atoms with Crippen molar-refractivity contribution in [3.05, 3.63) is 22.4 Å². The van der Waals surface area contributed by atoms with Crippen LogP contribution in [0.25, 0.3) is 0 Å². The number of carbonyl (C=O) groups is 1. The van der Waals surface area contributed by atoms with E-state index in [1.807, 2.05) is 0 Å². The molecule has 0 bridgehead atoms. The first-order valence-electron chi connectivity index (χ1n) is 6.59. The fraction of sp³-hybridized carbons (Fsp3) is 0.643. The summed E-state index contributed by atoms with van der Waals surface area (Å²) in [5, 5.41) is 8.30. The zero-order chi connectivity index (χ0) is 13.0. The second-order valence-electron chi connectivity index (χ2n) is 5.71. The Morgan fingerprint density at radius 1 is 1.47 bits per heavy atom. The molecule has 0 saturated heterocycles. The van der Waals surface area contributed by atoms with E-state index in [4.69, 9.17) is 0 Å². The summed E-state index contributed by atoms with van der Waals surface area (Å²) in [6.45, 7) is 6.45. The van der Waals surface area contributed by atoms with Crippen molar-refractivity contribution >= 4 is 29.7 Å². The lowest BCUT2D eigenvalue weighted by molar-refractivity contribution is -0.120. The van der Waals surface area contributed by atoms with Crippen molar-refractivity contribution in [2.45, 2.75) is 32.1 Å². The molecular formula is C14H23ClN2OS. The van der Waals surface area contributed by atoms with Gasteiger partial charge in [0.05, 0.1) is 6.54 Å². The second kappa shape index (κ2) is 7.27. The fourth-order valence-corrected chi connectivity index (χ4v) is 2.70. The van der Waals surface area contributed by atoms with Crippen molar-refractivity contribution in [3.8, 4) is 0 Å². The maximum Gasteiger partial charge on any atom is 0.233 e. The number of nitrogens with one attached hydrogen (secondary N) is 2. The van der Waals surface area contributed by atoms with Gasteiger partial charge in [0, 0.05) is 16.8 Å². The molecule has 2 rings (SSSR count). The fourth-order valence-electron chi connectivity index (χ4n) is 1.84. The molecule has 3 nitrogen and oxygen atoms in total. The molecule has 1 amide bonds. The first-order chi connectivity index (χ1) is 8.58. The average Bonchev–Trinajstić information content (AvgIpc) is 2.96. The Balaban J connectivity index is 0.00000180. The molecule has 0 spiro atoms. The van der Waals surface area contributed by atoms with Crippen LogP contribution in [-0.2, 0) is 10.2 Å². The monoisotopic (exact) mass is 302 g/mol. The van der Waals surface area contributed by atoms with Crippen molar-refractivity contribution in [1.29, 1.82) is 0 Å². The molecule has 2 N–H and O–H groups in total. The van der Waals surface area contributed by atoms with E-state index in [0.717, 1.165) is 12.5 Å². The number of thiophene rings is 1. The second-order valence-corrected chi connectivity index (χ2v) is 6.66. The Hall–Kier alpha value is -0.580. The van der Waals surface area contributed by atoms with E-state index in [9.17, 15) is 4.79 Å². The van der Waals surface area contributed by atoms with Gasteiger partial charge in [-0.25, -0.2) is 0 Å². The molecule has 108 valence electrons. The van der Waals surface area contributed by atoms with Crippen molar-refractivity contribution in [2.24, 2.45) is 5.92 Å². The van der Waals surface area contributed by atoms with Crippen LogP contribution >= 0.6 is 23.7 Å². The van der Waals surface area contributed by atoms with E-state index in [-0.39, 0.29) is 23.7 Å². The van der Waals surface area contributed by atoms with Crippen molar-refractivity contribution in [1.82, 2.24) is 10.6 Å². The highest BCUT2D eigenvalue weighted by atomic mass is 35.5. The van der Waals surface area contributed by atoms with Crippen LogP contribution < -0.4 is 10.6 Å². The minimum atomic E-state index is 0. The zero-order valence-corrected chi connectivity index (χ0v) is 13.2. The maximum absolute atomic E-state index is 11.7. The van der Waals surface area contributed by atoms with Crippen LogP contribution in [-0.4, -0.2) is 25.5 Å². The number of hydrogen-bond acceptors (Lipinski definition) is 3. The standard InChI is InChI=1S/C14H22N2OS.ClH/c1-14(2,12-4-3-7-18-12)10-16-13(17)9-15-8-11-5-6-11;/h3-4,7,11,15H,5-6,8-10H2,1-2H3,(H,16,17);1H. The van der Waals surface area contributed by atoms with Gasteiger partial charge in [0.25, 0.3) is 0 Å². The van der Waals surface area contributed by atoms with Gasteiger partial charge in [0.2, 0.25) is 5.91 Å². The maximum atomic E-state index is 11.7. The Morgan fingerprint density at radius 2 is 2.21 bits per heavy atom. The molecule has 1 aliphatic rings. The molecule has 0 unspecified atom stereocenters. The molecule has 19 heavy (non-hydrogen) atoms. The van der Waals surface area contributed by atoms with Crippen LogP contribution in [0, 0.1) is 5.92 Å². The highest BCUT2D eigenvalue weighted by molar-refractivity contribution is 7.10. The summed E-state index contributed by atoms with van der Waals surface area (Å²) < 4.78 is 0. The van der Waals surface area contributed by atoms with Crippen LogP contribution in [0.5, 0.6) is 0 Å². The van der Waals surface area contributed by atoms with E-state index in [1.54, 1.807) is 11.3 Å². The molecule has 1 aliphatic carbocycles. The Labute approximate surface area is 125 Å². The van der Waals surface area contributed by atoms with E-state index in [1.165, 1.54) is 17.7 Å². The third kappa shape index (κ3) is 5.51. The molecule has 1 fully saturated rings. The summed E-state index contributed by atoms with van der Waals surface area (Å²) in [6, 6.07) is 4.18. The van der Waals surface area contributed by atoms with Gasteiger partial charge in [-0.05, 0) is 36.8 Å². The van der Waals surface area contributed by atoms with Crippen LogP contribution in [0.3, 0.4) is 0 Å². The molecule has 1 aromatic rings. The largest absolute Gasteiger partial charge is 0.354 e. The van der Waals surface area contributed by atoms with E-state index in [0.29, 0.717) is 13.1 Å². The van der Waals surface area contributed by atoms with Gasteiger partial charge in [-0.1, -0.05) is 19.9 Å². The predicted octanol–water partition coefficient (Wildman–Crippen LogP) is 2.56. The number of halogens is 1. The minimum Gasteiger partial charge on any atom is -0.354 e. The summed E-state index contributed by atoms with van der Waals surface area (Å²) in [5.74, 6) is 0.917. The predicted molar refractivity (Wildman–Crippen MR) is 83.2 cm³/mol. The molecule has 0 radical (unpaired) electrons. The molecule has 0 aliphatic heterocycles. The van der Waals surface area contributed by atoms with Crippen LogP contribution in [0.1, 0.15) is 31.6 Å². The van der Waals surface area contributed by atoms with Crippen LogP contribution in [0.2, 0.25) is 0 Å². The van der Waals surface area contributed by atoms with Crippen molar-refractivity contribution in [3.63, 3.8) is 0 Å². The van der Waals surface area contributed by atoms with Crippen molar-refractivity contribution in [2.75, 3.05) is 19.6 Å².